The zero-order chi connectivity index (χ0) is 18.0. The number of nitrogens with one attached hydrogen (secondary N) is 1. The molecule has 0 aliphatic heterocycles. The SMILES string of the molecule is CCOC(=O)c1cnc2c(Cl)c(Cl)ccc2c1Nc1ccc(Br)cc1. The molecule has 1 aromatic heterocycles. The minimum absolute atomic E-state index is 0.274. The van der Waals surface area contributed by atoms with Crippen LogP contribution < -0.4 is 5.32 Å². The lowest BCUT2D eigenvalue weighted by Crippen LogP contribution is -2.09. The summed E-state index contributed by atoms with van der Waals surface area (Å²) in [6, 6.07) is 11.0. The quantitative estimate of drug-likeness (QED) is 0.490. The van der Waals surface area contributed by atoms with Crippen LogP contribution in [0.25, 0.3) is 10.9 Å². The molecule has 4 nitrogen and oxygen atoms in total. The normalized spacial score (nSPS) is 10.7. The topological polar surface area (TPSA) is 51.2 Å². The minimum Gasteiger partial charge on any atom is -0.462 e. The molecule has 0 radical (unpaired) electrons. The fourth-order valence-electron chi connectivity index (χ4n) is 2.38. The van der Waals surface area contributed by atoms with E-state index < -0.39 is 5.97 Å². The molecule has 1 N–H and O–H groups in total. The van der Waals surface area contributed by atoms with E-state index in [9.17, 15) is 4.79 Å². The number of nitrogens with zero attached hydrogens (tertiary/aromatic N) is 1. The molecule has 0 aliphatic carbocycles. The van der Waals surface area contributed by atoms with E-state index >= 15 is 0 Å². The maximum Gasteiger partial charge on any atom is 0.341 e. The molecule has 0 saturated carbocycles. The van der Waals surface area contributed by atoms with Gasteiger partial charge in [0, 0.05) is 21.7 Å². The summed E-state index contributed by atoms with van der Waals surface area (Å²) in [5, 5.41) is 4.69. The molecule has 0 spiro atoms. The zero-order valence-electron chi connectivity index (χ0n) is 13.1. The number of fused-ring (bicyclic) bond motifs is 1. The third kappa shape index (κ3) is 3.73. The highest BCUT2D eigenvalue weighted by atomic mass is 79.9. The Balaban J connectivity index is 2.19. The molecule has 3 rings (SSSR count). The number of hydrogen-bond donors (Lipinski definition) is 1. The van der Waals surface area contributed by atoms with E-state index in [0.717, 1.165) is 10.2 Å². The number of pyridine rings is 1. The highest BCUT2D eigenvalue weighted by molar-refractivity contribution is 9.10. The van der Waals surface area contributed by atoms with Crippen molar-refractivity contribution in [3.63, 3.8) is 0 Å². The van der Waals surface area contributed by atoms with Crippen molar-refractivity contribution in [3.8, 4) is 0 Å². The highest BCUT2D eigenvalue weighted by Crippen LogP contribution is 2.36. The van der Waals surface area contributed by atoms with Gasteiger partial charge in [0.2, 0.25) is 0 Å². The molecule has 128 valence electrons. The van der Waals surface area contributed by atoms with Crippen LogP contribution in [0, 0.1) is 0 Å². The van der Waals surface area contributed by atoms with Crippen molar-refractivity contribution in [1.29, 1.82) is 0 Å². The number of aromatic nitrogens is 1. The predicted molar refractivity (Wildman–Crippen MR) is 105 cm³/mol. The maximum atomic E-state index is 12.3. The van der Waals surface area contributed by atoms with Crippen molar-refractivity contribution in [1.82, 2.24) is 4.98 Å². The van der Waals surface area contributed by atoms with Crippen molar-refractivity contribution in [2.75, 3.05) is 11.9 Å². The first-order valence-corrected chi connectivity index (χ1v) is 9.02. The van der Waals surface area contributed by atoms with Crippen LogP contribution in [0.1, 0.15) is 17.3 Å². The van der Waals surface area contributed by atoms with Gasteiger partial charge in [0.25, 0.3) is 0 Å². The summed E-state index contributed by atoms with van der Waals surface area (Å²) in [5.74, 6) is -0.456. The molecule has 0 amide bonds. The van der Waals surface area contributed by atoms with Crippen LogP contribution in [0.4, 0.5) is 11.4 Å². The van der Waals surface area contributed by atoms with Crippen molar-refractivity contribution >= 4 is 67.4 Å². The predicted octanol–water partition coefficient (Wildman–Crippen LogP) is 6.22. The van der Waals surface area contributed by atoms with Gasteiger partial charge in [0.05, 0.1) is 27.9 Å². The van der Waals surface area contributed by atoms with Gasteiger partial charge in [-0.05, 0) is 43.3 Å². The number of ether oxygens (including phenoxy) is 1. The first-order chi connectivity index (χ1) is 12.0. The second kappa shape index (κ2) is 7.60. The number of carbonyl (C=O) groups is 1. The Kier molecular flexibility index (Phi) is 5.47. The third-order valence-corrected chi connectivity index (χ3v) is 4.86. The van der Waals surface area contributed by atoms with Gasteiger partial charge in [-0.3, -0.25) is 4.98 Å². The molecule has 1 heterocycles. The number of halogens is 3. The molecular weight excluding hydrogens is 427 g/mol. The molecule has 25 heavy (non-hydrogen) atoms. The molecule has 7 heteroatoms. The Morgan fingerprint density at radius 1 is 1.20 bits per heavy atom. The lowest BCUT2D eigenvalue weighted by atomic mass is 10.1. The summed E-state index contributed by atoms with van der Waals surface area (Å²) >= 11 is 15.8. The Labute approximate surface area is 163 Å². The van der Waals surface area contributed by atoms with E-state index in [2.05, 4.69) is 26.2 Å². The van der Waals surface area contributed by atoms with E-state index in [1.807, 2.05) is 24.3 Å². The summed E-state index contributed by atoms with van der Waals surface area (Å²) in [6.07, 6.45) is 1.45. The average molecular weight is 440 g/mol. The summed E-state index contributed by atoms with van der Waals surface area (Å²) in [5.41, 5.74) is 2.23. The van der Waals surface area contributed by atoms with Crippen LogP contribution >= 0.6 is 39.1 Å². The van der Waals surface area contributed by atoms with Crippen molar-refractivity contribution in [2.24, 2.45) is 0 Å². The minimum atomic E-state index is -0.456. The van der Waals surface area contributed by atoms with Crippen LogP contribution in [-0.2, 0) is 4.74 Å². The van der Waals surface area contributed by atoms with Crippen molar-refractivity contribution in [3.05, 3.63) is 62.7 Å². The number of rotatable bonds is 4. The summed E-state index contributed by atoms with van der Waals surface area (Å²) in [7, 11) is 0. The van der Waals surface area contributed by atoms with Crippen LogP contribution in [-0.4, -0.2) is 17.6 Å². The summed E-state index contributed by atoms with van der Waals surface area (Å²) in [4.78, 5) is 16.6. The highest BCUT2D eigenvalue weighted by Gasteiger charge is 2.19. The third-order valence-electron chi connectivity index (χ3n) is 3.54. The Morgan fingerprint density at radius 2 is 1.92 bits per heavy atom. The van der Waals surface area contributed by atoms with Gasteiger partial charge < -0.3 is 10.1 Å². The van der Waals surface area contributed by atoms with Gasteiger partial charge in [-0.2, -0.15) is 0 Å². The van der Waals surface area contributed by atoms with Crippen molar-refractivity contribution in [2.45, 2.75) is 6.92 Å². The smallest absolute Gasteiger partial charge is 0.341 e. The van der Waals surface area contributed by atoms with Crippen LogP contribution in [0.5, 0.6) is 0 Å². The summed E-state index contributed by atoms with van der Waals surface area (Å²) < 4.78 is 6.10. The largest absolute Gasteiger partial charge is 0.462 e. The first-order valence-electron chi connectivity index (χ1n) is 7.47. The lowest BCUT2D eigenvalue weighted by Gasteiger charge is -2.15. The van der Waals surface area contributed by atoms with E-state index in [-0.39, 0.29) is 6.61 Å². The van der Waals surface area contributed by atoms with Crippen LogP contribution in [0.2, 0.25) is 10.0 Å². The van der Waals surface area contributed by atoms with Gasteiger partial charge in [0.1, 0.15) is 5.56 Å². The maximum absolute atomic E-state index is 12.3. The van der Waals surface area contributed by atoms with Gasteiger partial charge in [-0.1, -0.05) is 39.1 Å². The molecule has 2 aromatic carbocycles. The average Bonchev–Trinajstić information content (AvgIpc) is 2.60. The second-order valence-electron chi connectivity index (χ2n) is 5.16. The Hall–Kier alpha value is -1.82. The molecule has 3 aromatic rings. The van der Waals surface area contributed by atoms with Crippen LogP contribution in [0.3, 0.4) is 0 Å². The molecular formula is C18H13BrCl2N2O2. The lowest BCUT2D eigenvalue weighted by molar-refractivity contribution is 0.0527. The molecule has 0 fully saturated rings. The monoisotopic (exact) mass is 438 g/mol. The van der Waals surface area contributed by atoms with E-state index in [1.165, 1.54) is 6.20 Å². The number of carbonyl (C=O) groups excluding carboxylic acids is 1. The number of esters is 1. The second-order valence-corrected chi connectivity index (χ2v) is 6.86. The number of benzene rings is 2. The van der Waals surface area contributed by atoms with Crippen molar-refractivity contribution < 1.29 is 9.53 Å². The van der Waals surface area contributed by atoms with Gasteiger partial charge in [-0.25, -0.2) is 4.79 Å². The van der Waals surface area contributed by atoms with E-state index in [1.54, 1.807) is 19.1 Å². The molecule has 0 aliphatic rings. The van der Waals surface area contributed by atoms with Gasteiger partial charge >= 0.3 is 5.97 Å². The van der Waals surface area contributed by atoms with Gasteiger partial charge in [0.15, 0.2) is 0 Å². The molecule has 0 saturated heterocycles. The fourth-order valence-corrected chi connectivity index (χ4v) is 3.01. The zero-order valence-corrected chi connectivity index (χ0v) is 16.2. The van der Waals surface area contributed by atoms with Crippen LogP contribution in [0.15, 0.2) is 47.1 Å². The number of hydrogen-bond acceptors (Lipinski definition) is 4. The van der Waals surface area contributed by atoms with E-state index in [4.69, 9.17) is 27.9 Å². The Morgan fingerprint density at radius 3 is 2.60 bits per heavy atom. The molecule has 0 unspecified atom stereocenters. The summed E-state index contributed by atoms with van der Waals surface area (Å²) in [6.45, 7) is 2.03. The first kappa shape index (κ1) is 18.0. The molecule has 0 atom stereocenters. The number of anilines is 2. The molecule has 0 bridgehead atoms. The standard InChI is InChI=1S/C18H13BrCl2N2O2/c1-2-25-18(24)13-9-22-17-12(7-8-14(20)15(17)21)16(13)23-11-5-3-10(19)4-6-11/h3-9H,2H2,1H3,(H,22,23). The fraction of sp³-hybridized carbons (Fsp3) is 0.111. The van der Waals surface area contributed by atoms with E-state index in [0.29, 0.717) is 32.2 Å². The Bertz CT molecular complexity index is 946. The van der Waals surface area contributed by atoms with Gasteiger partial charge in [-0.15, -0.1) is 0 Å².